The Morgan fingerprint density at radius 1 is 1.31 bits per heavy atom. The fraction of sp³-hybridized carbons (Fsp3) is 1.00. The zero-order chi connectivity index (χ0) is 9.84. The summed E-state index contributed by atoms with van der Waals surface area (Å²) in [6.07, 6.45) is 4.41. The van der Waals surface area contributed by atoms with Gasteiger partial charge in [-0.25, -0.2) is 0 Å². The Hall–Kier alpha value is -0.0800. The second-order valence-electron chi connectivity index (χ2n) is 4.13. The van der Waals surface area contributed by atoms with Crippen molar-refractivity contribution < 1.29 is 9.84 Å². The van der Waals surface area contributed by atoms with Crippen LogP contribution in [-0.4, -0.2) is 23.4 Å². The van der Waals surface area contributed by atoms with Crippen molar-refractivity contribution in [2.45, 2.75) is 64.8 Å². The fourth-order valence-corrected chi connectivity index (χ4v) is 2.16. The van der Waals surface area contributed by atoms with Crippen LogP contribution in [0.5, 0.6) is 0 Å². The molecule has 0 aromatic heterocycles. The number of hydrogen-bond acceptors (Lipinski definition) is 2. The maximum absolute atomic E-state index is 10.0. The molecule has 2 heteroatoms. The molecule has 78 valence electrons. The highest BCUT2D eigenvalue weighted by atomic mass is 16.5. The van der Waals surface area contributed by atoms with Crippen LogP contribution in [0.25, 0.3) is 0 Å². The maximum Gasteiger partial charge on any atom is 0.0841 e. The molecule has 1 saturated heterocycles. The maximum atomic E-state index is 10.0. The van der Waals surface area contributed by atoms with E-state index >= 15 is 0 Å². The third kappa shape index (κ3) is 2.68. The second-order valence-corrected chi connectivity index (χ2v) is 4.13. The average molecular weight is 186 g/mol. The Bertz CT molecular complexity index is 143. The molecular formula is C11H22O2. The minimum Gasteiger partial charge on any atom is -0.390 e. The lowest BCUT2D eigenvalue weighted by Crippen LogP contribution is -2.33. The van der Waals surface area contributed by atoms with E-state index in [9.17, 15) is 5.11 Å². The SMILES string of the molecule is CCC(CC)C(O)C1CCC(C)O1. The minimum atomic E-state index is -0.250. The van der Waals surface area contributed by atoms with E-state index in [2.05, 4.69) is 20.8 Å². The van der Waals surface area contributed by atoms with Crippen molar-refractivity contribution >= 4 is 0 Å². The Morgan fingerprint density at radius 2 is 1.92 bits per heavy atom. The first-order valence-electron chi connectivity index (χ1n) is 5.52. The highest BCUT2D eigenvalue weighted by Crippen LogP contribution is 2.27. The molecular weight excluding hydrogens is 164 g/mol. The van der Waals surface area contributed by atoms with Gasteiger partial charge in [-0.05, 0) is 25.7 Å². The van der Waals surface area contributed by atoms with Gasteiger partial charge in [0.2, 0.25) is 0 Å². The van der Waals surface area contributed by atoms with Crippen molar-refractivity contribution in [1.29, 1.82) is 0 Å². The van der Waals surface area contributed by atoms with Crippen molar-refractivity contribution in [3.63, 3.8) is 0 Å². The van der Waals surface area contributed by atoms with Crippen molar-refractivity contribution in [3.8, 4) is 0 Å². The molecule has 3 unspecified atom stereocenters. The van der Waals surface area contributed by atoms with E-state index in [0.29, 0.717) is 12.0 Å². The van der Waals surface area contributed by atoms with Crippen molar-refractivity contribution in [3.05, 3.63) is 0 Å². The quantitative estimate of drug-likeness (QED) is 0.730. The Kier molecular flexibility index (Phi) is 4.20. The molecule has 1 aliphatic heterocycles. The van der Waals surface area contributed by atoms with Gasteiger partial charge in [-0.1, -0.05) is 26.7 Å². The van der Waals surface area contributed by atoms with Gasteiger partial charge in [-0.2, -0.15) is 0 Å². The molecule has 0 amide bonds. The highest BCUT2D eigenvalue weighted by Gasteiger charge is 2.31. The van der Waals surface area contributed by atoms with Crippen LogP contribution in [0.2, 0.25) is 0 Å². The van der Waals surface area contributed by atoms with Gasteiger partial charge in [0.25, 0.3) is 0 Å². The lowest BCUT2D eigenvalue weighted by Gasteiger charge is -2.25. The van der Waals surface area contributed by atoms with E-state index in [1.807, 2.05) is 0 Å². The third-order valence-corrected chi connectivity index (χ3v) is 3.18. The van der Waals surface area contributed by atoms with E-state index < -0.39 is 0 Å². The molecule has 0 aromatic carbocycles. The summed E-state index contributed by atoms with van der Waals surface area (Å²) in [7, 11) is 0. The van der Waals surface area contributed by atoms with Crippen LogP contribution in [0, 0.1) is 5.92 Å². The van der Waals surface area contributed by atoms with E-state index in [-0.39, 0.29) is 12.2 Å². The lowest BCUT2D eigenvalue weighted by atomic mass is 9.92. The van der Waals surface area contributed by atoms with E-state index in [0.717, 1.165) is 25.7 Å². The number of ether oxygens (including phenoxy) is 1. The third-order valence-electron chi connectivity index (χ3n) is 3.18. The number of hydrogen-bond donors (Lipinski definition) is 1. The molecule has 0 bridgehead atoms. The van der Waals surface area contributed by atoms with Gasteiger partial charge in [0.05, 0.1) is 18.3 Å². The van der Waals surface area contributed by atoms with Gasteiger partial charge >= 0.3 is 0 Å². The predicted molar refractivity (Wildman–Crippen MR) is 53.6 cm³/mol. The molecule has 1 fully saturated rings. The largest absolute Gasteiger partial charge is 0.390 e. The second kappa shape index (κ2) is 4.97. The summed E-state index contributed by atoms with van der Waals surface area (Å²) in [6.45, 7) is 6.35. The standard InChI is InChI=1S/C11H22O2/c1-4-9(5-2)11(12)10-7-6-8(3)13-10/h8-12H,4-7H2,1-3H3. The van der Waals surface area contributed by atoms with E-state index in [1.54, 1.807) is 0 Å². The molecule has 13 heavy (non-hydrogen) atoms. The summed E-state index contributed by atoms with van der Waals surface area (Å²) in [6, 6.07) is 0. The van der Waals surface area contributed by atoms with Crippen LogP contribution in [0.4, 0.5) is 0 Å². The van der Waals surface area contributed by atoms with Gasteiger partial charge in [0.15, 0.2) is 0 Å². The molecule has 0 saturated carbocycles. The molecule has 0 spiro atoms. The molecule has 3 atom stereocenters. The van der Waals surface area contributed by atoms with Crippen LogP contribution in [0.1, 0.15) is 46.5 Å². The van der Waals surface area contributed by atoms with Gasteiger partial charge in [0, 0.05) is 0 Å². The molecule has 1 heterocycles. The molecule has 1 rings (SSSR count). The zero-order valence-corrected chi connectivity index (χ0v) is 8.99. The first-order chi connectivity index (χ1) is 6.19. The van der Waals surface area contributed by atoms with Crippen LogP contribution < -0.4 is 0 Å². The molecule has 1 N–H and O–H groups in total. The summed E-state index contributed by atoms with van der Waals surface area (Å²) in [5.41, 5.74) is 0. The van der Waals surface area contributed by atoms with E-state index in [1.165, 1.54) is 0 Å². The topological polar surface area (TPSA) is 29.5 Å². The van der Waals surface area contributed by atoms with Crippen molar-refractivity contribution in [2.24, 2.45) is 5.92 Å². The zero-order valence-electron chi connectivity index (χ0n) is 8.99. The average Bonchev–Trinajstić information content (AvgIpc) is 2.54. The number of aliphatic hydroxyl groups is 1. The van der Waals surface area contributed by atoms with Crippen LogP contribution in [0.15, 0.2) is 0 Å². The van der Waals surface area contributed by atoms with Crippen molar-refractivity contribution in [2.75, 3.05) is 0 Å². The molecule has 1 aliphatic rings. The monoisotopic (exact) mass is 186 g/mol. The first-order valence-corrected chi connectivity index (χ1v) is 5.52. The summed E-state index contributed by atoms with van der Waals surface area (Å²) < 4.78 is 5.66. The van der Waals surface area contributed by atoms with Crippen molar-refractivity contribution in [1.82, 2.24) is 0 Å². The minimum absolute atomic E-state index is 0.0971. The number of aliphatic hydroxyl groups excluding tert-OH is 1. The summed E-state index contributed by atoms with van der Waals surface area (Å²) in [5.74, 6) is 0.412. The smallest absolute Gasteiger partial charge is 0.0841 e. The van der Waals surface area contributed by atoms with Crippen LogP contribution in [0.3, 0.4) is 0 Å². The molecule has 2 nitrogen and oxygen atoms in total. The highest BCUT2D eigenvalue weighted by molar-refractivity contribution is 4.81. The summed E-state index contributed by atoms with van der Waals surface area (Å²) >= 11 is 0. The Labute approximate surface area is 81.3 Å². The molecule has 0 aromatic rings. The molecule has 0 aliphatic carbocycles. The van der Waals surface area contributed by atoms with Crippen LogP contribution >= 0.6 is 0 Å². The Morgan fingerprint density at radius 3 is 2.31 bits per heavy atom. The van der Waals surface area contributed by atoms with Gasteiger partial charge in [-0.15, -0.1) is 0 Å². The lowest BCUT2D eigenvalue weighted by molar-refractivity contribution is -0.0546. The summed E-state index contributed by atoms with van der Waals surface area (Å²) in [4.78, 5) is 0. The normalized spacial score (nSPS) is 31.2. The van der Waals surface area contributed by atoms with Gasteiger partial charge in [0.1, 0.15) is 0 Å². The van der Waals surface area contributed by atoms with E-state index in [4.69, 9.17) is 4.74 Å². The summed E-state index contributed by atoms with van der Waals surface area (Å²) in [5, 5.41) is 10.0. The van der Waals surface area contributed by atoms with Gasteiger partial charge in [-0.3, -0.25) is 0 Å². The first kappa shape index (κ1) is 11.0. The molecule has 0 radical (unpaired) electrons. The predicted octanol–water partition coefficient (Wildman–Crippen LogP) is 2.35. The number of rotatable bonds is 4. The fourth-order valence-electron chi connectivity index (χ4n) is 2.16. The van der Waals surface area contributed by atoms with Gasteiger partial charge < -0.3 is 9.84 Å². The Balaban J connectivity index is 2.41. The van der Waals surface area contributed by atoms with Crippen LogP contribution in [-0.2, 0) is 4.74 Å².